The van der Waals surface area contributed by atoms with Crippen molar-refractivity contribution in [1.29, 1.82) is 0 Å². The normalized spacial score (nSPS) is 12.1. The van der Waals surface area contributed by atoms with Crippen molar-refractivity contribution in [3.8, 4) is 0 Å². The van der Waals surface area contributed by atoms with Crippen LogP contribution in [0.25, 0.3) is 0 Å². The van der Waals surface area contributed by atoms with Crippen LogP contribution in [0.4, 0.5) is 9.18 Å². The molecule has 0 unspecified atom stereocenters. The number of carbonyl (C=O) groups excluding carboxylic acids is 2. The third kappa shape index (κ3) is 10.2. The molecule has 0 aliphatic carbocycles. The van der Waals surface area contributed by atoms with Gasteiger partial charge in [-0.1, -0.05) is 6.92 Å². The first-order valence-electron chi connectivity index (χ1n) is 5.31. The van der Waals surface area contributed by atoms with Crippen molar-refractivity contribution in [2.24, 2.45) is 0 Å². The number of alkyl halides is 1. The molecule has 0 heterocycles. The molecule has 0 aliphatic rings. The summed E-state index contributed by atoms with van der Waals surface area (Å²) in [6.45, 7) is 0.864. The van der Waals surface area contributed by atoms with E-state index in [1.165, 1.54) is 0 Å². The van der Waals surface area contributed by atoms with E-state index in [1.807, 2.05) is 0 Å². The molecule has 0 aromatic carbocycles. The molecule has 1 atom stereocenters. The average molecular weight is 285 g/mol. The minimum atomic E-state index is -2.33. The third-order valence-electron chi connectivity index (χ3n) is 1.69. The lowest BCUT2D eigenvalue weighted by atomic mass is 10.3. The Labute approximate surface area is 105 Å². The van der Waals surface area contributed by atoms with Gasteiger partial charge in [0.05, 0.1) is 12.7 Å². The van der Waals surface area contributed by atoms with E-state index >= 15 is 0 Å². The molecular formula is C9H17FNO6P. The van der Waals surface area contributed by atoms with Gasteiger partial charge >= 0.3 is 12.1 Å². The molecule has 0 aromatic heterocycles. The van der Waals surface area contributed by atoms with Crippen molar-refractivity contribution >= 4 is 20.4 Å². The highest BCUT2D eigenvalue weighted by molar-refractivity contribution is 7.45. The first kappa shape index (κ1) is 17.0. The molecule has 0 saturated carbocycles. The highest BCUT2D eigenvalue weighted by atomic mass is 31.2. The van der Waals surface area contributed by atoms with E-state index in [0.29, 0.717) is 6.42 Å². The van der Waals surface area contributed by atoms with Crippen LogP contribution in [-0.4, -0.2) is 47.5 Å². The largest absolute Gasteiger partial charge is 0.428 e. The number of halogens is 1. The number of alkyl carbamates (subject to hydrolysis) is 1. The van der Waals surface area contributed by atoms with Crippen molar-refractivity contribution in [3.63, 3.8) is 0 Å². The Bertz CT molecular complexity index is 265. The Morgan fingerprint density at radius 3 is 2.61 bits per heavy atom. The summed E-state index contributed by atoms with van der Waals surface area (Å²) in [7, 11) is -2.33. The van der Waals surface area contributed by atoms with Crippen molar-refractivity contribution < 1.29 is 33.2 Å². The summed E-state index contributed by atoms with van der Waals surface area (Å²) in [5, 5.41) is 2.05. The minimum absolute atomic E-state index is 0.230. The first-order valence-corrected chi connectivity index (χ1v) is 6.74. The lowest BCUT2D eigenvalue weighted by Gasteiger charge is -2.10. The molecule has 9 heteroatoms. The summed E-state index contributed by atoms with van der Waals surface area (Å²) in [6.07, 6.45) is -2.10. The van der Waals surface area contributed by atoms with Crippen LogP contribution < -0.4 is 5.32 Å². The molecule has 7 nitrogen and oxygen atoms in total. The molecular weight excluding hydrogens is 268 g/mol. The topological polar surface area (TPSA) is 105 Å². The van der Waals surface area contributed by atoms with Crippen LogP contribution in [0.1, 0.15) is 19.8 Å². The Morgan fingerprint density at radius 2 is 2.06 bits per heavy atom. The predicted molar refractivity (Wildman–Crippen MR) is 61.5 cm³/mol. The second-order valence-electron chi connectivity index (χ2n) is 3.35. The van der Waals surface area contributed by atoms with Gasteiger partial charge in [0.2, 0.25) is 6.79 Å². The van der Waals surface area contributed by atoms with Gasteiger partial charge in [-0.3, -0.25) is 4.79 Å². The van der Waals surface area contributed by atoms with Crippen molar-refractivity contribution in [3.05, 3.63) is 0 Å². The van der Waals surface area contributed by atoms with Crippen LogP contribution in [0.15, 0.2) is 0 Å². The summed E-state index contributed by atoms with van der Waals surface area (Å²) < 4.78 is 21.9. The summed E-state index contributed by atoms with van der Waals surface area (Å²) in [6, 6.07) is 0. The number of esters is 1. The maximum absolute atomic E-state index is 12.9. The fraction of sp³-hybridized carbons (Fsp3) is 0.778. The van der Waals surface area contributed by atoms with E-state index in [1.54, 1.807) is 6.92 Å². The van der Waals surface area contributed by atoms with E-state index in [2.05, 4.69) is 14.8 Å². The highest BCUT2D eigenvalue weighted by Crippen LogP contribution is 2.24. The maximum atomic E-state index is 12.9. The summed E-state index contributed by atoms with van der Waals surface area (Å²) in [4.78, 5) is 38.9. The number of hydrogen-bond acceptors (Lipinski definition) is 6. The lowest BCUT2D eigenvalue weighted by molar-refractivity contribution is -0.151. The Kier molecular flexibility index (Phi) is 9.45. The fourth-order valence-electron chi connectivity index (χ4n) is 0.912. The van der Waals surface area contributed by atoms with Crippen LogP contribution in [-0.2, 0) is 14.3 Å². The molecule has 0 rings (SSSR count). The standard InChI is InChI=1S/C9H17FNO6P/c1-2-3-8(12)16-6-17-9(13)11-4-7(10)5-18(14)15/h7,14-15H,2-6H2,1H3,(H,11,13)/t7-/m1/s1. The van der Waals surface area contributed by atoms with Gasteiger partial charge in [0.1, 0.15) is 6.17 Å². The zero-order valence-corrected chi connectivity index (χ0v) is 10.9. The van der Waals surface area contributed by atoms with Crippen LogP contribution >= 0.6 is 8.38 Å². The van der Waals surface area contributed by atoms with Crippen molar-refractivity contribution in [2.75, 3.05) is 19.5 Å². The second-order valence-corrected chi connectivity index (χ2v) is 4.46. The number of nitrogens with one attached hydrogen (secondary N) is 1. The van der Waals surface area contributed by atoms with Gasteiger partial charge in [-0.15, -0.1) is 0 Å². The summed E-state index contributed by atoms with van der Waals surface area (Å²) in [5.41, 5.74) is 0. The Hall–Kier alpha value is -0.980. The lowest BCUT2D eigenvalue weighted by Crippen LogP contribution is -2.32. The number of rotatable bonds is 8. The zero-order chi connectivity index (χ0) is 14.0. The predicted octanol–water partition coefficient (Wildman–Crippen LogP) is 0.648. The molecule has 0 aliphatic heterocycles. The Morgan fingerprint density at radius 1 is 1.39 bits per heavy atom. The molecule has 0 radical (unpaired) electrons. The fourth-order valence-corrected chi connectivity index (χ4v) is 1.40. The van der Waals surface area contributed by atoms with Gasteiger partial charge in [0.25, 0.3) is 0 Å². The maximum Gasteiger partial charge on any atom is 0.410 e. The molecule has 106 valence electrons. The molecule has 0 saturated heterocycles. The summed E-state index contributed by atoms with van der Waals surface area (Å²) in [5.74, 6) is -0.486. The van der Waals surface area contributed by atoms with E-state index in [9.17, 15) is 14.0 Å². The number of hydrogen-bond donors (Lipinski definition) is 3. The van der Waals surface area contributed by atoms with Gasteiger partial charge < -0.3 is 24.6 Å². The second kappa shape index (κ2) is 9.99. The SMILES string of the molecule is CCCC(=O)OCOC(=O)NC[C@@H](F)CP(O)O. The van der Waals surface area contributed by atoms with E-state index in [4.69, 9.17) is 9.79 Å². The number of carbonyl (C=O) groups is 2. The van der Waals surface area contributed by atoms with Gasteiger partial charge in [-0.05, 0) is 6.42 Å². The van der Waals surface area contributed by atoms with Gasteiger partial charge in [0.15, 0.2) is 8.38 Å². The summed E-state index contributed by atoms with van der Waals surface area (Å²) >= 11 is 0. The smallest absolute Gasteiger partial charge is 0.410 e. The monoisotopic (exact) mass is 285 g/mol. The molecule has 1 amide bonds. The van der Waals surface area contributed by atoms with Gasteiger partial charge in [0, 0.05) is 6.42 Å². The molecule has 0 bridgehead atoms. The van der Waals surface area contributed by atoms with E-state index < -0.39 is 46.1 Å². The van der Waals surface area contributed by atoms with Crippen LogP contribution in [0.2, 0.25) is 0 Å². The number of amides is 1. The average Bonchev–Trinajstić information content (AvgIpc) is 2.26. The molecule has 3 N–H and O–H groups in total. The molecule has 0 fully saturated rings. The van der Waals surface area contributed by atoms with Gasteiger partial charge in [-0.2, -0.15) is 0 Å². The van der Waals surface area contributed by atoms with Crippen LogP contribution in [0.3, 0.4) is 0 Å². The molecule has 0 aromatic rings. The van der Waals surface area contributed by atoms with Crippen molar-refractivity contribution in [2.45, 2.75) is 25.9 Å². The van der Waals surface area contributed by atoms with Crippen LogP contribution in [0.5, 0.6) is 0 Å². The highest BCUT2D eigenvalue weighted by Gasteiger charge is 2.13. The van der Waals surface area contributed by atoms with Crippen molar-refractivity contribution in [1.82, 2.24) is 5.32 Å². The van der Waals surface area contributed by atoms with Gasteiger partial charge in [-0.25, -0.2) is 9.18 Å². The number of ether oxygens (including phenoxy) is 2. The Balaban J connectivity index is 3.57. The zero-order valence-electron chi connectivity index (χ0n) is 9.97. The van der Waals surface area contributed by atoms with E-state index in [0.717, 1.165) is 0 Å². The molecule has 18 heavy (non-hydrogen) atoms. The van der Waals surface area contributed by atoms with Crippen LogP contribution in [0, 0.1) is 0 Å². The minimum Gasteiger partial charge on any atom is -0.428 e. The van der Waals surface area contributed by atoms with E-state index in [-0.39, 0.29) is 6.42 Å². The first-order chi connectivity index (χ1) is 8.45. The quantitative estimate of drug-likeness (QED) is 0.343. The molecule has 0 spiro atoms. The third-order valence-corrected chi connectivity index (χ3v) is 2.42.